The van der Waals surface area contributed by atoms with Crippen LogP contribution in [0.1, 0.15) is 0 Å². The number of pyridine rings is 1. The van der Waals surface area contributed by atoms with Gasteiger partial charge in [-0.15, -0.1) is 13.2 Å². The molecule has 126 valence electrons. The number of hydrogen-bond acceptors (Lipinski definition) is 4. The van der Waals surface area contributed by atoms with E-state index in [-0.39, 0.29) is 5.69 Å². The third kappa shape index (κ3) is 3.43. The van der Waals surface area contributed by atoms with Crippen molar-refractivity contribution in [1.82, 2.24) is 9.61 Å². The van der Waals surface area contributed by atoms with Crippen molar-refractivity contribution in [3.8, 4) is 5.75 Å². The number of benzene rings is 1. The second kappa shape index (κ2) is 5.71. The number of alkyl halides is 3. The standard InChI is InChI=1S/C14H10F3N3O3S/c15-14(16,17)23-12-3-1-2-4-13(12)24(21,22)19-10-6-8-20-11(9-10)5-7-18-20/h1-9,19H. The van der Waals surface area contributed by atoms with E-state index in [0.29, 0.717) is 5.52 Å². The first-order valence-corrected chi connectivity index (χ1v) is 8.04. The molecule has 0 aliphatic rings. The Morgan fingerprint density at radius 3 is 2.62 bits per heavy atom. The molecule has 0 fully saturated rings. The Hall–Kier alpha value is -2.75. The van der Waals surface area contributed by atoms with Crippen molar-refractivity contribution in [1.29, 1.82) is 0 Å². The maximum Gasteiger partial charge on any atom is 0.573 e. The van der Waals surface area contributed by atoms with Gasteiger partial charge in [0.25, 0.3) is 10.0 Å². The average molecular weight is 357 g/mol. The van der Waals surface area contributed by atoms with Crippen LogP contribution in [0.4, 0.5) is 18.9 Å². The van der Waals surface area contributed by atoms with E-state index < -0.39 is 27.0 Å². The van der Waals surface area contributed by atoms with E-state index in [2.05, 4.69) is 14.6 Å². The lowest BCUT2D eigenvalue weighted by atomic mass is 10.3. The normalized spacial score (nSPS) is 12.3. The Balaban J connectivity index is 1.95. The zero-order valence-electron chi connectivity index (χ0n) is 11.9. The van der Waals surface area contributed by atoms with Gasteiger partial charge in [0.1, 0.15) is 10.6 Å². The van der Waals surface area contributed by atoms with Gasteiger partial charge in [0.05, 0.1) is 11.2 Å². The summed E-state index contributed by atoms with van der Waals surface area (Å²) in [5.74, 6) is -0.803. The highest BCUT2D eigenvalue weighted by atomic mass is 32.2. The summed E-state index contributed by atoms with van der Waals surface area (Å²) in [7, 11) is -4.27. The van der Waals surface area contributed by atoms with Crippen molar-refractivity contribution >= 4 is 21.2 Å². The van der Waals surface area contributed by atoms with Crippen molar-refractivity contribution in [3.63, 3.8) is 0 Å². The molecule has 0 saturated heterocycles. The van der Waals surface area contributed by atoms with Crippen LogP contribution < -0.4 is 9.46 Å². The first kappa shape index (κ1) is 16.1. The fraction of sp³-hybridized carbons (Fsp3) is 0.0714. The van der Waals surface area contributed by atoms with E-state index in [1.807, 2.05) is 0 Å². The summed E-state index contributed by atoms with van der Waals surface area (Å²) in [5, 5.41) is 3.96. The minimum atomic E-state index is -5.00. The molecule has 3 rings (SSSR count). The van der Waals surface area contributed by atoms with Gasteiger partial charge in [0.15, 0.2) is 0 Å². The Morgan fingerprint density at radius 2 is 1.88 bits per heavy atom. The fourth-order valence-corrected chi connectivity index (χ4v) is 3.26. The first-order chi connectivity index (χ1) is 11.2. The number of aromatic nitrogens is 2. The highest BCUT2D eigenvalue weighted by molar-refractivity contribution is 7.92. The number of anilines is 1. The Morgan fingerprint density at radius 1 is 1.12 bits per heavy atom. The van der Waals surface area contributed by atoms with E-state index in [4.69, 9.17) is 0 Å². The lowest BCUT2D eigenvalue weighted by Crippen LogP contribution is -2.20. The molecule has 0 aliphatic heterocycles. The number of nitrogens with zero attached hydrogens (tertiary/aromatic N) is 2. The molecule has 0 saturated carbocycles. The van der Waals surface area contributed by atoms with Gasteiger partial charge in [0.2, 0.25) is 0 Å². The van der Waals surface area contributed by atoms with E-state index >= 15 is 0 Å². The monoisotopic (exact) mass is 357 g/mol. The van der Waals surface area contributed by atoms with E-state index in [9.17, 15) is 21.6 Å². The smallest absolute Gasteiger partial charge is 0.404 e. The summed E-state index contributed by atoms with van der Waals surface area (Å²) in [5.41, 5.74) is 0.805. The van der Waals surface area contributed by atoms with Crippen LogP contribution in [0.3, 0.4) is 0 Å². The van der Waals surface area contributed by atoms with Crippen molar-refractivity contribution in [2.24, 2.45) is 0 Å². The van der Waals surface area contributed by atoms with Crippen molar-refractivity contribution in [3.05, 3.63) is 54.9 Å². The quantitative estimate of drug-likeness (QED) is 0.779. The molecular formula is C14H10F3N3O3S. The summed E-state index contributed by atoms with van der Waals surface area (Å²) in [4.78, 5) is -0.615. The number of ether oxygens (including phenoxy) is 1. The van der Waals surface area contributed by atoms with Gasteiger partial charge in [-0.1, -0.05) is 12.1 Å². The van der Waals surface area contributed by atoms with Gasteiger partial charge in [-0.3, -0.25) is 4.72 Å². The van der Waals surface area contributed by atoms with E-state index in [1.165, 1.54) is 41.2 Å². The summed E-state index contributed by atoms with van der Waals surface area (Å²) in [6, 6.07) is 9.10. The molecule has 0 bridgehead atoms. The zero-order valence-corrected chi connectivity index (χ0v) is 12.7. The molecule has 2 heterocycles. The number of halogens is 3. The molecule has 0 unspecified atom stereocenters. The largest absolute Gasteiger partial charge is 0.573 e. The SMILES string of the molecule is O=S(=O)(Nc1ccn2nccc2c1)c1ccccc1OC(F)(F)F. The maximum atomic E-state index is 12.4. The molecule has 6 nitrogen and oxygen atoms in total. The third-order valence-corrected chi connectivity index (χ3v) is 4.44. The Bertz CT molecular complexity index is 983. The summed E-state index contributed by atoms with van der Waals surface area (Å²) < 4.78 is 69.6. The third-order valence-electron chi connectivity index (χ3n) is 3.02. The lowest BCUT2D eigenvalue weighted by molar-refractivity contribution is -0.275. The van der Waals surface area contributed by atoms with Crippen LogP contribution in [-0.2, 0) is 10.0 Å². The molecule has 1 aromatic carbocycles. The first-order valence-electron chi connectivity index (χ1n) is 6.56. The summed E-state index contributed by atoms with van der Waals surface area (Å²) in [6.07, 6.45) is -1.95. The van der Waals surface area contributed by atoms with Gasteiger partial charge >= 0.3 is 6.36 Å². The number of rotatable bonds is 4. The van der Waals surface area contributed by atoms with Crippen LogP contribution in [0.15, 0.2) is 59.8 Å². The molecule has 10 heteroatoms. The highest BCUT2D eigenvalue weighted by Crippen LogP contribution is 2.30. The number of fused-ring (bicyclic) bond motifs is 1. The van der Waals surface area contributed by atoms with Gasteiger partial charge in [0, 0.05) is 12.4 Å². The average Bonchev–Trinajstić information content (AvgIpc) is 2.93. The van der Waals surface area contributed by atoms with Crippen molar-refractivity contribution in [2.75, 3.05) is 4.72 Å². The molecule has 0 spiro atoms. The molecule has 24 heavy (non-hydrogen) atoms. The molecule has 0 radical (unpaired) electrons. The predicted octanol–water partition coefficient (Wildman–Crippen LogP) is 3.03. The number of para-hydroxylation sites is 1. The molecule has 0 amide bonds. The summed E-state index contributed by atoms with van der Waals surface area (Å²) >= 11 is 0. The van der Waals surface area contributed by atoms with Crippen LogP contribution in [0.5, 0.6) is 5.75 Å². The van der Waals surface area contributed by atoms with Crippen LogP contribution in [-0.4, -0.2) is 24.4 Å². The van der Waals surface area contributed by atoms with E-state index in [0.717, 1.165) is 12.1 Å². The molecule has 0 aliphatic carbocycles. The lowest BCUT2D eigenvalue weighted by Gasteiger charge is -2.14. The molecule has 3 aromatic rings. The molecule has 0 atom stereocenters. The van der Waals surface area contributed by atoms with Crippen LogP contribution in [0.2, 0.25) is 0 Å². The number of hydrogen-bond donors (Lipinski definition) is 1. The van der Waals surface area contributed by atoms with Gasteiger partial charge < -0.3 is 4.74 Å². The molecule has 2 aromatic heterocycles. The Kier molecular flexibility index (Phi) is 3.84. The topological polar surface area (TPSA) is 72.7 Å². The highest BCUT2D eigenvalue weighted by Gasteiger charge is 2.34. The summed E-state index contributed by atoms with van der Waals surface area (Å²) in [6.45, 7) is 0. The Labute approximate surface area is 134 Å². The van der Waals surface area contributed by atoms with Crippen LogP contribution in [0, 0.1) is 0 Å². The van der Waals surface area contributed by atoms with Crippen LogP contribution in [0.25, 0.3) is 5.52 Å². The number of sulfonamides is 1. The minimum Gasteiger partial charge on any atom is -0.404 e. The predicted molar refractivity (Wildman–Crippen MR) is 79.1 cm³/mol. The van der Waals surface area contributed by atoms with Gasteiger partial charge in [-0.2, -0.15) is 5.10 Å². The van der Waals surface area contributed by atoms with Gasteiger partial charge in [-0.25, -0.2) is 12.9 Å². The van der Waals surface area contributed by atoms with Crippen molar-refractivity contribution < 1.29 is 26.3 Å². The zero-order chi connectivity index (χ0) is 17.4. The van der Waals surface area contributed by atoms with E-state index in [1.54, 1.807) is 6.07 Å². The molecular weight excluding hydrogens is 347 g/mol. The number of nitrogens with one attached hydrogen (secondary N) is 1. The maximum absolute atomic E-state index is 12.4. The second-order valence-corrected chi connectivity index (χ2v) is 6.37. The minimum absolute atomic E-state index is 0.185. The van der Waals surface area contributed by atoms with Gasteiger partial charge in [-0.05, 0) is 30.3 Å². The fourth-order valence-electron chi connectivity index (χ4n) is 2.08. The van der Waals surface area contributed by atoms with Crippen molar-refractivity contribution in [2.45, 2.75) is 11.3 Å². The van der Waals surface area contributed by atoms with Crippen LogP contribution >= 0.6 is 0 Å². The molecule has 1 N–H and O–H groups in total. The second-order valence-electron chi connectivity index (χ2n) is 4.72.